The van der Waals surface area contributed by atoms with E-state index in [2.05, 4.69) is 20.6 Å². The number of amides is 1. The summed E-state index contributed by atoms with van der Waals surface area (Å²) in [5.74, 6) is -1.67. The van der Waals surface area contributed by atoms with E-state index in [1.165, 1.54) is 4.90 Å². The smallest absolute Gasteiger partial charge is 0.306 e. The van der Waals surface area contributed by atoms with Crippen LogP contribution in [0.5, 0.6) is 0 Å². The Morgan fingerprint density at radius 3 is 1.73 bits per heavy atom. The Kier molecular flexibility index (Phi) is 22.5. The van der Waals surface area contributed by atoms with Crippen LogP contribution in [-0.4, -0.2) is 179 Å². The molecule has 8 atom stereocenters. The van der Waals surface area contributed by atoms with Gasteiger partial charge in [-0.1, -0.05) is 60.1 Å². The Bertz CT molecular complexity index is 1840. The van der Waals surface area contributed by atoms with Crippen molar-refractivity contribution in [1.29, 1.82) is 5.41 Å². The molecule has 350 valence electrons. The second-order valence-corrected chi connectivity index (χ2v) is 15.4. The van der Waals surface area contributed by atoms with Gasteiger partial charge in [0.2, 0.25) is 0 Å². The van der Waals surface area contributed by atoms with Crippen LogP contribution >= 0.6 is 11.6 Å². The monoisotopic (exact) mass is 908 g/mol. The number of unbranched alkanes of at least 4 members (excludes halogenated alkanes) is 2. The molecule has 3 rings (SSSR count). The van der Waals surface area contributed by atoms with Crippen molar-refractivity contribution in [1.82, 2.24) is 25.5 Å². The summed E-state index contributed by atoms with van der Waals surface area (Å²) in [6.07, 6.45) is -10.7. The number of nitrogens with zero attached hydrogens (tertiary/aromatic N) is 3. The van der Waals surface area contributed by atoms with E-state index in [0.717, 1.165) is 41.5 Å². The number of hydrogen-bond acceptors (Lipinski definition) is 19. The molecule has 0 aliphatic heterocycles. The van der Waals surface area contributed by atoms with Gasteiger partial charge in [0.15, 0.2) is 28.4 Å². The molecule has 0 fully saturated rings. The lowest BCUT2D eigenvalue weighted by molar-refractivity contribution is -0.143. The number of hydrogen-bond donors (Lipinski definition) is 15. The number of aliphatic hydroxyl groups is 10. The molecule has 0 saturated heterocycles. The number of anilines is 2. The molecule has 0 bridgehead atoms. The SMILES string of the molecule is N=C(NCCCCc1ccc(-c2ccc(CCC(=O)OCCCCN(C[C@H](O)[C@@H](O)[C@H](O)[C@H](O)CO)C[C@H](O)[C@@H](O)[C@H](O)[C@H](O)CO)cc2)cc1)NC(=O)c1nc(Cl)c(N)nc1N. The maximum atomic E-state index is 12.5. The number of halogens is 1. The number of carbonyl (C=O) groups is 2. The largest absolute Gasteiger partial charge is 0.466 e. The second kappa shape index (κ2) is 26.9. The highest BCUT2D eigenvalue weighted by atomic mass is 35.5. The third-order valence-electron chi connectivity index (χ3n) is 10.1. The summed E-state index contributed by atoms with van der Waals surface area (Å²) in [5.41, 5.74) is 15.1. The molecule has 0 unspecified atom stereocenters. The number of aromatic nitrogens is 2. The van der Waals surface area contributed by atoms with E-state index in [1.807, 2.05) is 48.5 Å². The van der Waals surface area contributed by atoms with Crippen LogP contribution in [0.3, 0.4) is 0 Å². The number of aryl methyl sites for hydroxylation is 2. The molecule has 1 heterocycles. The van der Waals surface area contributed by atoms with Gasteiger partial charge in [-0.2, -0.15) is 0 Å². The van der Waals surface area contributed by atoms with Gasteiger partial charge >= 0.3 is 5.97 Å². The normalized spacial score (nSPS) is 15.4. The zero-order valence-corrected chi connectivity index (χ0v) is 35.5. The number of nitrogens with two attached hydrogens (primary N) is 2. The van der Waals surface area contributed by atoms with Crippen molar-refractivity contribution in [3.63, 3.8) is 0 Å². The number of ether oxygens (including phenoxy) is 1. The van der Waals surface area contributed by atoms with Crippen LogP contribution in [0.4, 0.5) is 11.6 Å². The number of aliphatic hydroxyl groups excluding tert-OH is 10. The molecule has 22 heteroatoms. The van der Waals surface area contributed by atoms with E-state index in [1.54, 1.807) is 0 Å². The molecule has 1 amide bonds. The van der Waals surface area contributed by atoms with Gasteiger partial charge in [0.1, 0.15) is 36.6 Å². The zero-order valence-electron chi connectivity index (χ0n) is 34.7. The minimum Gasteiger partial charge on any atom is -0.466 e. The van der Waals surface area contributed by atoms with Gasteiger partial charge in [0.05, 0.1) is 32.0 Å². The van der Waals surface area contributed by atoms with Crippen LogP contribution in [-0.2, 0) is 22.4 Å². The fraction of sp³-hybridized carbons (Fsp3) is 0.537. The molecule has 0 radical (unpaired) electrons. The summed E-state index contributed by atoms with van der Waals surface area (Å²) < 4.78 is 5.37. The minimum absolute atomic E-state index is 0.0526. The molecular formula is C41H61ClN8O13. The summed E-state index contributed by atoms with van der Waals surface area (Å²) in [7, 11) is 0. The summed E-state index contributed by atoms with van der Waals surface area (Å²) in [6.45, 7) is -1.91. The van der Waals surface area contributed by atoms with Gasteiger partial charge in [-0.15, -0.1) is 0 Å². The van der Waals surface area contributed by atoms with Crippen LogP contribution in [0.25, 0.3) is 11.1 Å². The lowest BCUT2D eigenvalue weighted by Crippen LogP contribution is -2.53. The molecule has 0 aliphatic carbocycles. The van der Waals surface area contributed by atoms with E-state index < -0.39 is 73.9 Å². The average Bonchev–Trinajstić information content (AvgIpc) is 3.27. The van der Waals surface area contributed by atoms with Crippen LogP contribution in [0, 0.1) is 5.41 Å². The topological polar surface area (TPSA) is 375 Å². The quantitative estimate of drug-likeness (QED) is 0.0165. The maximum absolute atomic E-state index is 12.5. The molecular weight excluding hydrogens is 848 g/mol. The lowest BCUT2D eigenvalue weighted by atomic mass is 10.00. The molecule has 0 saturated carbocycles. The minimum atomic E-state index is -1.89. The Balaban J connectivity index is 1.37. The predicted octanol–water partition coefficient (Wildman–Crippen LogP) is -2.33. The third kappa shape index (κ3) is 17.5. The summed E-state index contributed by atoms with van der Waals surface area (Å²) in [5, 5.41) is 112. The first kappa shape index (κ1) is 52.7. The van der Waals surface area contributed by atoms with Crippen molar-refractivity contribution >= 4 is 41.1 Å². The number of esters is 1. The Hall–Kier alpha value is -4.62. The predicted molar refractivity (Wildman–Crippen MR) is 231 cm³/mol. The number of carbonyl (C=O) groups excluding carboxylic acids is 2. The summed E-state index contributed by atoms with van der Waals surface area (Å²) in [6, 6.07) is 16.0. The molecule has 0 spiro atoms. The highest BCUT2D eigenvalue weighted by Crippen LogP contribution is 2.22. The van der Waals surface area contributed by atoms with E-state index in [4.69, 9.17) is 43.4 Å². The van der Waals surface area contributed by atoms with Crippen molar-refractivity contribution in [2.24, 2.45) is 0 Å². The van der Waals surface area contributed by atoms with Gasteiger partial charge in [-0.05, 0) is 67.3 Å². The lowest BCUT2D eigenvalue weighted by Gasteiger charge is -2.33. The highest BCUT2D eigenvalue weighted by molar-refractivity contribution is 6.31. The van der Waals surface area contributed by atoms with E-state index in [9.17, 15) is 50.4 Å². The van der Waals surface area contributed by atoms with Crippen molar-refractivity contribution < 1.29 is 65.4 Å². The highest BCUT2D eigenvalue weighted by Gasteiger charge is 2.34. The van der Waals surface area contributed by atoms with Crippen molar-refractivity contribution in [2.45, 2.75) is 93.8 Å². The van der Waals surface area contributed by atoms with Gasteiger partial charge in [-0.3, -0.25) is 25.2 Å². The molecule has 63 heavy (non-hydrogen) atoms. The molecule has 21 nitrogen and oxygen atoms in total. The van der Waals surface area contributed by atoms with E-state index in [-0.39, 0.29) is 61.1 Å². The fourth-order valence-corrected chi connectivity index (χ4v) is 6.42. The van der Waals surface area contributed by atoms with Crippen molar-refractivity contribution in [2.75, 3.05) is 57.5 Å². The zero-order chi connectivity index (χ0) is 46.6. The van der Waals surface area contributed by atoms with Crippen LogP contribution in [0.15, 0.2) is 48.5 Å². The van der Waals surface area contributed by atoms with Crippen LogP contribution < -0.4 is 22.1 Å². The first-order chi connectivity index (χ1) is 29.9. The summed E-state index contributed by atoms with van der Waals surface area (Å²) in [4.78, 5) is 33.8. The standard InChI is InChI=1S/C41H61ClN8O13/c42-37-39(44)48-38(43)32(47-37)40(62)49-41(45)46-16-2-1-5-23-6-11-25(12-7-23)26-13-8-24(9-14-26)10-15-31(57)63-18-4-3-17-50(19-27(53)33(58)35(60)29(55)21-51)20-28(54)34(59)36(61)30(56)22-52/h6-9,11-14,27-30,33-36,51-56,58-61H,1-5,10,15-22H2,(H4,43,44,48)(H3,45,46,49,62)/t27-,28-,29+,30+,33+,34+,35+,36+/m0/s1. The Morgan fingerprint density at radius 2 is 1.21 bits per heavy atom. The average molecular weight is 909 g/mol. The number of benzene rings is 2. The Labute approximate surface area is 369 Å². The second-order valence-electron chi connectivity index (χ2n) is 15.0. The van der Waals surface area contributed by atoms with Gasteiger partial charge in [0.25, 0.3) is 5.91 Å². The molecule has 3 aromatic rings. The van der Waals surface area contributed by atoms with Gasteiger partial charge in [0, 0.05) is 26.1 Å². The van der Waals surface area contributed by atoms with Gasteiger partial charge in [-0.25, -0.2) is 9.97 Å². The molecule has 0 aliphatic rings. The molecule has 2 aromatic carbocycles. The number of nitrogens with one attached hydrogen (secondary N) is 3. The van der Waals surface area contributed by atoms with E-state index >= 15 is 0 Å². The maximum Gasteiger partial charge on any atom is 0.306 e. The first-order valence-electron chi connectivity index (χ1n) is 20.4. The molecule has 17 N–H and O–H groups in total. The fourth-order valence-electron chi connectivity index (χ4n) is 6.29. The van der Waals surface area contributed by atoms with Crippen LogP contribution in [0.2, 0.25) is 5.15 Å². The Morgan fingerprint density at radius 1 is 0.698 bits per heavy atom. The van der Waals surface area contributed by atoms with Crippen LogP contribution in [0.1, 0.15) is 53.7 Å². The number of rotatable bonds is 27. The first-order valence-corrected chi connectivity index (χ1v) is 20.8. The third-order valence-corrected chi connectivity index (χ3v) is 10.4. The van der Waals surface area contributed by atoms with Crippen molar-refractivity contribution in [3.05, 3.63) is 70.5 Å². The number of guanidine groups is 1. The van der Waals surface area contributed by atoms with E-state index in [0.29, 0.717) is 25.8 Å². The van der Waals surface area contributed by atoms with Crippen molar-refractivity contribution in [3.8, 4) is 11.1 Å². The molecule has 1 aromatic heterocycles. The number of nitrogen functional groups attached to an aromatic ring is 2. The summed E-state index contributed by atoms with van der Waals surface area (Å²) >= 11 is 5.82. The van der Waals surface area contributed by atoms with Gasteiger partial charge < -0.3 is 72.6 Å².